The van der Waals surface area contributed by atoms with Crippen molar-refractivity contribution in [3.05, 3.63) is 28.8 Å². The van der Waals surface area contributed by atoms with Gasteiger partial charge in [-0.3, -0.25) is 4.79 Å². The molecule has 1 aromatic rings. The molecule has 0 bridgehead atoms. The van der Waals surface area contributed by atoms with Gasteiger partial charge in [0.2, 0.25) is 0 Å². The summed E-state index contributed by atoms with van der Waals surface area (Å²) in [5, 5.41) is -0.208. The zero-order valence-corrected chi connectivity index (χ0v) is 8.45. The summed E-state index contributed by atoms with van der Waals surface area (Å²) in [5.41, 5.74) is -4.42. The first-order valence-corrected chi connectivity index (χ1v) is 4.30. The molecule has 2 nitrogen and oxygen atoms in total. The Hall–Kier alpha value is -0.940. The Labute approximate surface area is 92.5 Å². The molecule has 0 aromatic heterocycles. The summed E-state index contributed by atoms with van der Waals surface area (Å²) < 4.78 is 40.6. The highest BCUT2D eigenvalue weighted by atomic mass is 35.5. The highest BCUT2D eigenvalue weighted by molar-refractivity contribution is 6.32. The third-order valence-electron chi connectivity index (χ3n) is 1.38. The summed E-state index contributed by atoms with van der Waals surface area (Å²) >= 11 is 9.93. The lowest BCUT2D eigenvalue weighted by atomic mass is 10.2. The van der Waals surface area contributed by atoms with Crippen molar-refractivity contribution in [3.63, 3.8) is 0 Å². The molecule has 15 heavy (non-hydrogen) atoms. The van der Waals surface area contributed by atoms with Gasteiger partial charge in [-0.15, -0.1) is 8.78 Å². The largest absolute Gasteiger partial charge is 0.487 e. The Morgan fingerprint density at radius 2 is 2.00 bits per heavy atom. The summed E-state index contributed by atoms with van der Waals surface area (Å²) in [6, 6.07) is 1.03. The summed E-state index contributed by atoms with van der Waals surface area (Å²) in [6.45, 7) is 0. The smallest absolute Gasteiger partial charge is 0.418 e. The summed E-state index contributed by atoms with van der Waals surface area (Å²) in [6.07, 6.45) is 0. The van der Waals surface area contributed by atoms with E-state index in [4.69, 9.17) is 11.6 Å². The van der Waals surface area contributed by atoms with Crippen LogP contribution in [-0.4, -0.2) is 11.6 Å². The van der Waals surface area contributed by atoms with Crippen LogP contribution in [0, 0.1) is 0 Å². The molecule has 1 rings (SSSR count). The Balaban J connectivity index is 3.06. The molecule has 0 fully saturated rings. The van der Waals surface area contributed by atoms with Crippen LogP contribution in [0.3, 0.4) is 0 Å². The molecule has 0 unspecified atom stereocenters. The molecule has 0 spiro atoms. The summed E-state index contributed by atoms with van der Waals surface area (Å²) in [7, 11) is 0. The Morgan fingerprint density at radius 3 is 2.47 bits per heavy atom. The van der Waals surface area contributed by atoms with E-state index in [9.17, 15) is 18.0 Å². The van der Waals surface area contributed by atoms with Gasteiger partial charge in [-0.1, -0.05) is 11.6 Å². The van der Waals surface area contributed by atoms with E-state index in [1.54, 1.807) is 0 Å². The maximum absolute atomic E-state index is 12.2. The molecule has 1 aromatic carbocycles. The van der Waals surface area contributed by atoms with Gasteiger partial charge in [0.1, 0.15) is 5.75 Å². The van der Waals surface area contributed by atoms with Crippen molar-refractivity contribution in [1.29, 1.82) is 0 Å². The molecule has 0 aliphatic carbocycles. The van der Waals surface area contributed by atoms with Crippen LogP contribution < -0.4 is 4.74 Å². The van der Waals surface area contributed by atoms with Crippen LogP contribution in [-0.2, 0) is 0 Å². The van der Waals surface area contributed by atoms with Crippen molar-refractivity contribution < 1.29 is 22.7 Å². The van der Waals surface area contributed by atoms with Gasteiger partial charge in [-0.25, -0.2) is 0 Å². The van der Waals surface area contributed by atoms with Crippen LogP contribution in [0.4, 0.5) is 13.2 Å². The van der Waals surface area contributed by atoms with Gasteiger partial charge in [0.25, 0.3) is 0 Å². The second-order valence-electron chi connectivity index (χ2n) is 2.47. The zero-order valence-electron chi connectivity index (χ0n) is 6.94. The van der Waals surface area contributed by atoms with Crippen molar-refractivity contribution in [2.75, 3.05) is 0 Å². The first-order chi connectivity index (χ1) is 6.79. The molecule has 0 amide bonds. The molecule has 0 atom stereocenters. The molecule has 0 aliphatic heterocycles. The van der Waals surface area contributed by atoms with Crippen molar-refractivity contribution >= 4 is 29.2 Å². The van der Waals surface area contributed by atoms with E-state index >= 15 is 0 Å². The van der Waals surface area contributed by atoms with Gasteiger partial charge >= 0.3 is 11.6 Å². The van der Waals surface area contributed by atoms with E-state index in [-0.39, 0.29) is 5.02 Å². The molecule has 0 heterocycles. The minimum absolute atomic E-state index is 0.208. The van der Waals surface area contributed by atoms with Gasteiger partial charge in [0.05, 0.1) is 10.6 Å². The second kappa shape index (κ2) is 4.28. The van der Waals surface area contributed by atoms with Gasteiger partial charge in [-0.2, -0.15) is 4.39 Å². The molecule has 0 N–H and O–H groups in total. The molecular weight excluding hydrogens is 256 g/mol. The highest BCUT2D eigenvalue weighted by Gasteiger charge is 2.29. The number of ether oxygens (including phenoxy) is 1. The van der Waals surface area contributed by atoms with Crippen LogP contribution in [0.15, 0.2) is 18.2 Å². The zero-order chi connectivity index (χ0) is 11.6. The number of halogens is 5. The highest BCUT2D eigenvalue weighted by Crippen LogP contribution is 2.32. The van der Waals surface area contributed by atoms with Gasteiger partial charge in [0, 0.05) is 11.6 Å². The lowest BCUT2D eigenvalue weighted by Crippen LogP contribution is -2.16. The molecule has 82 valence electrons. The predicted octanol–water partition coefficient (Wildman–Crippen LogP) is 3.62. The molecule has 7 heteroatoms. The average molecular weight is 259 g/mol. The minimum atomic E-state index is -3.97. The maximum Gasteiger partial charge on any atom is 0.487 e. The standard InChI is InChI=1S/C8H3Cl2F3O2/c9-5-2-1-4(7(11)14)3-6(5)15-8(10,12)13/h1-3H. The van der Waals surface area contributed by atoms with Gasteiger partial charge in [0.15, 0.2) is 0 Å². The first kappa shape index (κ1) is 12.1. The fourth-order valence-corrected chi connectivity index (χ4v) is 1.07. The number of carbonyl (C=O) groups excluding carboxylic acids is 1. The number of alkyl halides is 3. The third kappa shape index (κ3) is 3.60. The van der Waals surface area contributed by atoms with E-state index < -0.39 is 22.9 Å². The first-order valence-electron chi connectivity index (χ1n) is 3.55. The van der Waals surface area contributed by atoms with E-state index in [1.165, 1.54) is 0 Å². The number of hydrogen-bond acceptors (Lipinski definition) is 2. The SMILES string of the molecule is O=C(F)c1ccc(Cl)c(OC(F)(F)Cl)c1. The summed E-state index contributed by atoms with van der Waals surface area (Å²) in [4.78, 5) is 10.3. The molecule has 0 saturated heterocycles. The van der Waals surface area contributed by atoms with Crippen molar-refractivity contribution in [3.8, 4) is 5.75 Å². The normalized spacial score (nSPS) is 11.3. The number of carbonyl (C=O) groups is 1. The van der Waals surface area contributed by atoms with Crippen LogP contribution >= 0.6 is 23.2 Å². The molecule has 0 saturated carbocycles. The monoisotopic (exact) mass is 258 g/mol. The third-order valence-corrected chi connectivity index (χ3v) is 1.77. The Kier molecular flexibility index (Phi) is 3.46. The van der Waals surface area contributed by atoms with Crippen LogP contribution in [0.2, 0.25) is 5.02 Å². The second-order valence-corrected chi connectivity index (χ2v) is 3.31. The van der Waals surface area contributed by atoms with Gasteiger partial charge < -0.3 is 4.74 Å². The minimum Gasteiger partial charge on any atom is -0.418 e. The fraction of sp³-hybridized carbons (Fsp3) is 0.125. The maximum atomic E-state index is 12.2. The number of rotatable bonds is 3. The molecule has 0 radical (unpaired) electrons. The topological polar surface area (TPSA) is 26.3 Å². The number of benzene rings is 1. The van der Waals surface area contributed by atoms with Crippen molar-refractivity contribution in [1.82, 2.24) is 0 Å². The van der Waals surface area contributed by atoms with Crippen molar-refractivity contribution in [2.24, 2.45) is 0 Å². The van der Waals surface area contributed by atoms with Crippen LogP contribution in [0.25, 0.3) is 0 Å². The average Bonchev–Trinajstić information content (AvgIpc) is 2.06. The number of hydrogen-bond donors (Lipinski definition) is 0. The lowest BCUT2D eigenvalue weighted by Gasteiger charge is -2.11. The fourth-order valence-electron chi connectivity index (χ4n) is 0.829. The quantitative estimate of drug-likeness (QED) is 0.612. The molecule has 0 aliphatic rings. The molecular formula is C8H3Cl2F3O2. The van der Waals surface area contributed by atoms with E-state index in [2.05, 4.69) is 16.3 Å². The predicted molar refractivity (Wildman–Crippen MR) is 48.3 cm³/mol. The Morgan fingerprint density at radius 1 is 1.40 bits per heavy atom. The van der Waals surface area contributed by atoms with E-state index in [0.29, 0.717) is 0 Å². The van der Waals surface area contributed by atoms with Crippen LogP contribution in [0.5, 0.6) is 5.75 Å². The van der Waals surface area contributed by atoms with Crippen molar-refractivity contribution in [2.45, 2.75) is 5.57 Å². The lowest BCUT2D eigenvalue weighted by molar-refractivity contribution is -0.0964. The summed E-state index contributed by atoms with van der Waals surface area (Å²) in [5.74, 6) is -0.569. The van der Waals surface area contributed by atoms with Gasteiger partial charge in [-0.05, 0) is 18.2 Å². The van der Waals surface area contributed by atoms with E-state index in [0.717, 1.165) is 18.2 Å². The van der Waals surface area contributed by atoms with Crippen LogP contribution in [0.1, 0.15) is 10.4 Å². The van der Waals surface area contributed by atoms with E-state index in [1.807, 2.05) is 0 Å². The Bertz CT molecular complexity index is 390.